The molecule has 0 aliphatic carbocycles. The van der Waals surface area contributed by atoms with E-state index in [1.54, 1.807) is 18.2 Å². The molecule has 0 saturated heterocycles. The Labute approximate surface area is 93.1 Å². The average molecular weight is 217 g/mol. The van der Waals surface area contributed by atoms with Gasteiger partial charge in [0.05, 0.1) is 11.4 Å². The first-order chi connectivity index (χ1) is 7.70. The van der Waals surface area contributed by atoms with Gasteiger partial charge in [-0.15, -0.1) is 0 Å². The standard InChI is InChI=1S/C12H12FN3/c1-8-2-4-10(11(13)6-8)12-5-3-9(7-14)15-16-12/h2-6H,7,14H2,1H3. The van der Waals surface area contributed by atoms with Crippen molar-refractivity contribution in [3.8, 4) is 11.3 Å². The van der Waals surface area contributed by atoms with Gasteiger partial charge in [-0.2, -0.15) is 10.2 Å². The smallest absolute Gasteiger partial charge is 0.132 e. The van der Waals surface area contributed by atoms with Gasteiger partial charge in [0.2, 0.25) is 0 Å². The summed E-state index contributed by atoms with van der Waals surface area (Å²) in [7, 11) is 0. The number of benzene rings is 1. The molecule has 0 radical (unpaired) electrons. The molecule has 0 atom stereocenters. The average Bonchev–Trinajstić information content (AvgIpc) is 2.29. The van der Waals surface area contributed by atoms with E-state index in [4.69, 9.17) is 5.73 Å². The van der Waals surface area contributed by atoms with Crippen molar-refractivity contribution < 1.29 is 4.39 Å². The van der Waals surface area contributed by atoms with Crippen LogP contribution in [0.5, 0.6) is 0 Å². The molecule has 0 spiro atoms. The molecule has 82 valence electrons. The number of nitrogens with two attached hydrogens (primary N) is 1. The zero-order chi connectivity index (χ0) is 11.5. The van der Waals surface area contributed by atoms with Crippen LogP contribution in [-0.4, -0.2) is 10.2 Å². The van der Waals surface area contributed by atoms with Gasteiger partial charge >= 0.3 is 0 Å². The first kappa shape index (κ1) is 10.7. The van der Waals surface area contributed by atoms with Crippen molar-refractivity contribution >= 4 is 0 Å². The summed E-state index contributed by atoms with van der Waals surface area (Å²) >= 11 is 0. The van der Waals surface area contributed by atoms with E-state index in [9.17, 15) is 4.39 Å². The molecule has 0 aliphatic heterocycles. The molecule has 3 nitrogen and oxygen atoms in total. The Morgan fingerprint density at radius 3 is 2.56 bits per heavy atom. The maximum absolute atomic E-state index is 13.6. The molecular formula is C12H12FN3. The summed E-state index contributed by atoms with van der Waals surface area (Å²) in [5.41, 5.74) is 7.97. The maximum Gasteiger partial charge on any atom is 0.132 e. The molecule has 0 bridgehead atoms. The van der Waals surface area contributed by atoms with Gasteiger partial charge < -0.3 is 5.73 Å². The van der Waals surface area contributed by atoms with Gasteiger partial charge in [0.15, 0.2) is 0 Å². The quantitative estimate of drug-likeness (QED) is 0.837. The van der Waals surface area contributed by atoms with Crippen LogP contribution >= 0.6 is 0 Å². The van der Waals surface area contributed by atoms with Crippen LogP contribution in [0.15, 0.2) is 30.3 Å². The van der Waals surface area contributed by atoms with E-state index in [2.05, 4.69) is 10.2 Å². The van der Waals surface area contributed by atoms with Gasteiger partial charge in [0, 0.05) is 12.1 Å². The highest BCUT2D eigenvalue weighted by atomic mass is 19.1. The summed E-state index contributed by atoms with van der Waals surface area (Å²) in [6.45, 7) is 2.18. The topological polar surface area (TPSA) is 51.8 Å². The Morgan fingerprint density at radius 1 is 1.19 bits per heavy atom. The van der Waals surface area contributed by atoms with Crippen LogP contribution < -0.4 is 5.73 Å². The minimum absolute atomic E-state index is 0.283. The highest BCUT2D eigenvalue weighted by Gasteiger charge is 2.06. The van der Waals surface area contributed by atoms with E-state index in [1.807, 2.05) is 13.0 Å². The van der Waals surface area contributed by atoms with Gasteiger partial charge in [-0.3, -0.25) is 0 Å². The number of aromatic nitrogens is 2. The van der Waals surface area contributed by atoms with Crippen LogP contribution in [0.3, 0.4) is 0 Å². The van der Waals surface area contributed by atoms with E-state index in [0.29, 0.717) is 23.5 Å². The first-order valence-corrected chi connectivity index (χ1v) is 5.00. The lowest BCUT2D eigenvalue weighted by molar-refractivity contribution is 0.629. The largest absolute Gasteiger partial charge is 0.325 e. The van der Waals surface area contributed by atoms with Gasteiger partial charge in [-0.1, -0.05) is 6.07 Å². The SMILES string of the molecule is Cc1ccc(-c2ccc(CN)nn2)c(F)c1. The highest BCUT2D eigenvalue weighted by Crippen LogP contribution is 2.20. The third-order valence-corrected chi connectivity index (χ3v) is 2.33. The fraction of sp³-hybridized carbons (Fsp3) is 0.167. The fourth-order valence-electron chi connectivity index (χ4n) is 1.44. The predicted molar refractivity (Wildman–Crippen MR) is 60.1 cm³/mol. The number of hydrogen-bond donors (Lipinski definition) is 1. The van der Waals surface area contributed by atoms with Gasteiger partial charge in [0.25, 0.3) is 0 Å². The van der Waals surface area contributed by atoms with Crippen molar-refractivity contribution in [3.63, 3.8) is 0 Å². The second-order valence-electron chi connectivity index (χ2n) is 3.60. The summed E-state index contributed by atoms with van der Waals surface area (Å²) in [6.07, 6.45) is 0. The molecule has 4 heteroatoms. The molecule has 0 unspecified atom stereocenters. The third-order valence-electron chi connectivity index (χ3n) is 2.33. The Balaban J connectivity index is 2.42. The number of rotatable bonds is 2. The van der Waals surface area contributed by atoms with E-state index in [0.717, 1.165) is 5.56 Å². The summed E-state index contributed by atoms with van der Waals surface area (Å²) < 4.78 is 13.6. The molecule has 0 aliphatic rings. The zero-order valence-corrected chi connectivity index (χ0v) is 8.94. The Morgan fingerprint density at radius 2 is 2.00 bits per heavy atom. The van der Waals surface area contributed by atoms with Crippen LogP contribution in [0.25, 0.3) is 11.3 Å². The number of aryl methyl sites for hydroxylation is 1. The number of hydrogen-bond acceptors (Lipinski definition) is 3. The van der Waals surface area contributed by atoms with Gasteiger partial charge in [-0.05, 0) is 36.8 Å². The highest BCUT2D eigenvalue weighted by molar-refractivity contribution is 5.59. The molecule has 1 heterocycles. The molecule has 2 rings (SSSR count). The van der Waals surface area contributed by atoms with Crippen molar-refractivity contribution in [2.24, 2.45) is 5.73 Å². The fourth-order valence-corrected chi connectivity index (χ4v) is 1.44. The lowest BCUT2D eigenvalue weighted by Crippen LogP contribution is -2.01. The molecule has 0 amide bonds. The molecule has 0 saturated carbocycles. The number of nitrogens with zero attached hydrogens (tertiary/aromatic N) is 2. The Bertz CT molecular complexity index is 494. The number of halogens is 1. The molecule has 2 N–H and O–H groups in total. The maximum atomic E-state index is 13.6. The molecule has 1 aromatic heterocycles. The lowest BCUT2D eigenvalue weighted by Gasteiger charge is -2.03. The van der Waals surface area contributed by atoms with Crippen molar-refractivity contribution in [2.75, 3.05) is 0 Å². The molecular weight excluding hydrogens is 205 g/mol. The van der Waals surface area contributed by atoms with Crippen LogP contribution in [-0.2, 0) is 6.54 Å². The van der Waals surface area contributed by atoms with E-state index < -0.39 is 0 Å². The predicted octanol–water partition coefficient (Wildman–Crippen LogP) is 2.05. The zero-order valence-electron chi connectivity index (χ0n) is 8.94. The van der Waals surface area contributed by atoms with Crippen LogP contribution in [0.4, 0.5) is 4.39 Å². The van der Waals surface area contributed by atoms with Crippen molar-refractivity contribution in [2.45, 2.75) is 13.5 Å². The van der Waals surface area contributed by atoms with Crippen molar-refractivity contribution in [1.82, 2.24) is 10.2 Å². The van der Waals surface area contributed by atoms with Crippen molar-refractivity contribution in [3.05, 3.63) is 47.4 Å². The van der Waals surface area contributed by atoms with Gasteiger partial charge in [-0.25, -0.2) is 4.39 Å². The Kier molecular flexibility index (Phi) is 2.92. The van der Waals surface area contributed by atoms with Crippen LogP contribution in [0.1, 0.15) is 11.3 Å². The Hall–Kier alpha value is -1.81. The monoisotopic (exact) mass is 217 g/mol. The molecule has 0 fully saturated rings. The van der Waals surface area contributed by atoms with Crippen molar-refractivity contribution in [1.29, 1.82) is 0 Å². The van der Waals surface area contributed by atoms with Gasteiger partial charge in [0.1, 0.15) is 5.82 Å². The molecule has 1 aromatic carbocycles. The normalized spacial score (nSPS) is 10.4. The summed E-state index contributed by atoms with van der Waals surface area (Å²) in [6, 6.07) is 8.51. The minimum Gasteiger partial charge on any atom is -0.325 e. The summed E-state index contributed by atoms with van der Waals surface area (Å²) in [4.78, 5) is 0. The molecule has 2 aromatic rings. The van der Waals surface area contributed by atoms with E-state index in [1.165, 1.54) is 6.07 Å². The van der Waals surface area contributed by atoms with Crippen LogP contribution in [0, 0.1) is 12.7 Å². The third kappa shape index (κ3) is 2.06. The van der Waals surface area contributed by atoms with E-state index >= 15 is 0 Å². The second kappa shape index (κ2) is 4.37. The summed E-state index contributed by atoms with van der Waals surface area (Å²) in [5.74, 6) is -0.283. The first-order valence-electron chi connectivity index (χ1n) is 5.00. The lowest BCUT2D eigenvalue weighted by atomic mass is 10.1. The second-order valence-corrected chi connectivity index (χ2v) is 3.60. The molecule has 16 heavy (non-hydrogen) atoms. The van der Waals surface area contributed by atoms with Crippen LogP contribution in [0.2, 0.25) is 0 Å². The minimum atomic E-state index is -0.283. The summed E-state index contributed by atoms with van der Waals surface area (Å²) in [5, 5.41) is 7.84. The van der Waals surface area contributed by atoms with E-state index in [-0.39, 0.29) is 5.82 Å².